The second-order valence-corrected chi connectivity index (χ2v) is 7.18. The molecule has 4 nitrogen and oxygen atoms in total. The van der Waals surface area contributed by atoms with Crippen molar-refractivity contribution in [3.63, 3.8) is 0 Å². The van der Waals surface area contributed by atoms with Crippen molar-refractivity contribution < 1.29 is 26.7 Å². The van der Waals surface area contributed by atoms with Gasteiger partial charge in [0.1, 0.15) is 5.82 Å². The fraction of sp³-hybridized carbons (Fsp3) is 0.333. The molecule has 3 heterocycles. The van der Waals surface area contributed by atoms with Gasteiger partial charge >= 0.3 is 12.2 Å². The number of pyridine rings is 1. The zero-order valence-corrected chi connectivity index (χ0v) is 14.9. The first-order valence-electron chi connectivity index (χ1n) is 8.46. The Hall–Kier alpha value is -2.42. The fourth-order valence-electron chi connectivity index (χ4n) is 3.91. The Morgan fingerprint density at radius 3 is 2.68 bits per heavy atom. The zero-order valence-electron chi connectivity index (χ0n) is 14.2. The van der Waals surface area contributed by atoms with Crippen LogP contribution in [0.25, 0.3) is 0 Å². The van der Waals surface area contributed by atoms with Gasteiger partial charge in [-0.15, -0.1) is 0 Å². The molecule has 2 aliphatic heterocycles. The van der Waals surface area contributed by atoms with Crippen LogP contribution >= 0.6 is 11.6 Å². The number of aromatic nitrogens is 1. The van der Waals surface area contributed by atoms with Crippen LogP contribution in [-0.4, -0.2) is 22.0 Å². The molecule has 2 bridgehead atoms. The van der Waals surface area contributed by atoms with Gasteiger partial charge in [-0.25, -0.2) is 14.2 Å². The number of hydrogen-bond donors (Lipinski definition) is 1. The number of halogens is 6. The summed E-state index contributed by atoms with van der Waals surface area (Å²) in [5.74, 6) is -1.84. The lowest BCUT2D eigenvalue weighted by atomic mass is 9.98. The molecule has 0 spiro atoms. The Kier molecular flexibility index (Phi) is 4.45. The normalized spacial score (nSPS) is 20.9. The van der Waals surface area contributed by atoms with Crippen molar-refractivity contribution in [3.8, 4) is 0 Å². The fourth-order valence-corrected chi connectivity index (χ4v) is 4.18. The van der Waals surface area contributed by atoms with Crippen molar-refractivity contribution in [1.82, 2.24) is 9.88 Å². The van der Waals surface area contributed by atoms with Gasteiger partial charge < -0.3 is 10.2 Å². The molecule has 10 heteroatoms. The van der Waals surface area contributed by atoms with E-state index >= 15 is 0 Å². The molecule has 148 valence electrons. The zero-order chi connectivity index (χ0) is 20.2. The Balaban J connectivity index is 1.60. The molecule has 1 fully saturated rings. The summed E-state index contributed by atoms with van der Waals surface area (Å²) in [4.78, 5) is 18.1. The quantitative estimate of drug-likeness (QED) is 0.504. The molecule has 2 atom stereocenters. The molecule has 2 aromatic rings. The molecule has 1 aromatic heterocycles. The molecule has 2 amide bonds. The third-order valence-corrected chi connectivity index (χ3v) is 5.42. The van der Waals surface area contributed by atoms with E-state index in [1.54, 1.807) is 6.07 Å². The number of anilines is 1. The van der Waals surface area contributed by atoms with Crippen LogP contribution in [0.5, 0.6) is 0 Å². The first-order valence-corrected chi connectivity index (χ1v) is 8.84. The van der Waals surface area contributed by atoms with E-state index < -0.39 is 40.2 Å². The van der Waals surface area contributed by atoms with Gasteiger partial charge in [0.15, 0.2) is 0 Å². The number of carbonyl (C=O) groups excluding carboxylic acids is 1. The van der Waals surface area contributed by atoms with Gasteiger partial charge in [0.05, 0.1) is 28.0 Å². The predicted molar refractivity (Wildman–Crippen MR) is 90.9 cm³/mol. The summed E-state index contributed by atoms with van der Waals surface area (Å²) in [6.07, 6.45) is -3.16. The van der Waals surface area contributed by atoms with E-state index in [1.165, 1.54) is 11.0 Å². The lowest BCUT2D eigenvalue weighted by Gasteiger charge is -2.35. The van der Waals surface area contributed by atoms with Crippen molar-refractivity contribution in [1.29, 1.82) is 0 Å². The van der Waals surface area contributed by atoms with E-state index in [4.69, 9.17) is 11.6 Å². The van der Waals surface area contributed by atoms with Crippen LogP contribution in [-0.2, 0) is 12.6 Å². The summed E-state index contributed by atoms with van der Waals surface area (Å²) in [7, 11) is 0. The van der Waals surface area contributed by atoms with Crippen molar-refractivity contribution >= 4 is 23.3 Å². The van der Waals surface area contributed by atoms with Gasteiger partial charge in [0.25, 0.3) is 0 Å². The molecule has 4 rings (SSSR count). The second kappa shape index (κ2) is 6.58. The maximum absolute atomic E-state index is 14.1. The lowest BCUT2D eigenvalue weighted by molar-refractivity contribution is -0.137. The molecule has 1 N–H and O–H groups in total. The minimum atomic E-state index is -4.81. The lowest BCUT2D eigenvalue weighted by Crippen LogP contribution is -2.44. The number of nitrogens with one attached hydrogen (secondary N) is 1. The average Bonchev–Trinajstić information content (AvgIpc) is 2.92. The van der Waals surface area contributed by atoms with Gasteiger partial charge in [-0.1, -0.05) is 17.7 Å². The SMILES string of the molecule is O=C(Nc1cc(Cl)c(C(F)(F)F)cc1F)N1C2CCC1c1ccc(F)nc1C2. The minimum Gasteiger partial charge on any atom is -0.314 e. The monoisotopic (exact) mass is 417 g/mol. The molecule has 2 unspecified atom stereocenters. The number of alkyl halides is 3. The largest absolute Gasteiger partial charge is 0.417 e. The first kappa shape index (κ1) is 18.9. The standard InChI is InChI=1S/C18H13ClF5N3O/c19-11-7-14(12(20)6-10(11)18(22,23)24)26-17(28)27-8-1-3-15(27)9-2-4-16(21)25-13(9)5-8/h2,4,6-8,15H,1,3,5H2,(H,26,28). The van der Waals surface area contributed by atoms with E-state index in [0.717, 1.165) is 11.6 Å². The van der Waals surface area contributed by atoms with Crippen LogP contribution in [0.1, 0.15) is 35.7 Å². The predicted octanol–water partition coefficient (Wildman–Crippen LogP) is 5.33. The molecular formula is C18H13ClF5N3O. The van der Waals surface area contributed by atoms with E-state index in [0.29, 0.717) is 25.0 Å². The maximum Gasteiger partial charge on any atom is 0.417 e. The Bertz CT molecular complexity index is 965. The Labute approximate surface area is 161 Å². The average molecular weight is 418 g/mol. The summed E-state index contributed by atoms with van der Waals surface area (Å²) >= 11 is 5.61. The van der Waals surface area contributed by atoms with Crippen LogP contribution in [0.15, 0.2) is 24.3 Å². The maximum atomic E-state index is 14.1. The van der Waals surface area contributed by atoms with Gasteiger partial charge in [-0.05, 0) is 36.6 Å². The molecular weight excluding hydrogens is 405 g/mol. The highest BCUT2D eigenvalue weighted by molar-refractivity contribution is 6.31. The smallest absolute Gasteiger partial charge is 0.314 e. The second-order valence-electron chi connectivity index (χ2n) is 6.77. The van der Waals surface area contributed by atoms with Gasteiger partial charge in [-0.2, -0.15) is 17.6 Å². The molecule has 1 saturated heterocycles. The number of urea groups is 1. The highest BCUT2D eigenvalue weighted by atomic mass is 35.5. The number of carbonyl (C=O) groups is 1. The number of hydrogen-bond acceptors (Lipinski definition) is 2. The van der Waals surface area contributed by atoms with Crippen LogP contribution < -0.4 is 5.32 Å². The van der Waals surface area contributed by atoms with E-state index in [1.807, 2.05) is 0 Å². The summed E-state index contributed by atoms with van der Waals surface area (Å²) in [6, 6.07) is 2.52. The third kappa shape index (κ3) is 3.17. The van der Waals surface area contributed by atoms with Crippen LogP contribution in [0, 0.1) is 11.8 Å². The Morgan fingerprint density at radius 1 is 1.21 bits per heavy atom. The molecule has 0 saturated carbocycles. The van der Waals surface area contributed by atoms with Crippen molar-refractivity contribution in [2.45, 2.75) is 37.5 Å². The molecule has 0 aliphatic carbocycles. The number of amides is 2. The van der Waals surface area contributed by atoms with Gasteiger partial charge in [-0.3, -0.25) is 0 Å². The van der Waals surface area contributed by atoms with Gasteiger partial charge in [0.2, 0.25) is 5.95 Å². The number of benzene rings is 1. The third-order valence-electron chi connectivity index (χ3n) is 5.10. The topological polar surface area (TPSA) is 45.2 Å². The minimum absolute atomic E-state index is 0.250. The summed E-state index contributed by atoms with van der Waals surface area (Å²) in [5, 5.41) is 1.60. The molecule has 28 heavy (non-hydrogen) atoms. The van der Waals surface area contributed by atoms with Crippen LogP contribution in [0.4, 0.5) is 32.4 Å². The van der Waals surface area contributed by atoms with E-state index in [2.05, 4.69) is 10.3 Å². The van der Waals surface area contributed by atoms with Crippen molar-refractivity contribution in [2.24, 2.45) is 0 Å². The van der Waals surface area contributed by atoms with E-state index in [9.17, 15) is 26.7 Å². The number of fused-ring (bicyclic) bond motifs is 4. The molecule has 0 radical (unpaired) electrons. The van der Waals surface area contributed by atoms with Crippen LogP contribution in [0.2, 0.25) is 5.02 Å². The Morgan fingerprint density at radius 2 is 1.96 bits per heavy atom. The molecule has 1 aromatic carbocycles. The summed E-state index contributed by atoms with van der Waals surface area (Å²) in [5.41, 5.74) is -0.452. The van der Waals surface area contributed by atoms with E-state index in [-0.39, 0.29) is 18.2 Å². The first-order chi connectivity index (χ1) is 13.1. The van der Waals surface area contributed by atoms with Crippen LogP contribution in [0.3, 0.4) is 0 Å². The summed E-state index contributed by atoms with van der Waals surface area (Å²) < 4.78 is 66.0. The highest BCUT2D eigenvalue weighted by Gasteiger charge is 2.43. The van der Waals surface area contributed by atoms with Crippen molar-refractivity contribution in [2.75, 3.05) is 5.32 Å². The number of nitrogens with zero attached hydrogens (tertiary/aromatic N) is 2. The van der Waals surface area contributed by atoms with Crippen molar-refractivity contribution in [3.05, 3.63) is 57.9 Å². The molecule has 2 aliphatic rings. The van der Waals surface area contributed by atoms with Gasteiger partial charge in [0, 0.05) is 12.5 Å². The summed E-state index contributed by atoms with van der Waals surface area (Å²) in [6.45, 7) is 0. The highest BCUT2D eigenvalue weighted by Crippen LogP contribution is 2.44. The number of rotatable bonds is 1.